The fourth-order valence-corrected chi connectivity index (χ4v) is 3.01. The van der Waals surface area contributed by atoms with Crippen LogP contribution in [0.3, 0.4) is 0 Å². The van der Waals surface area contributed by atoms with Gasteiger partial charge in [0.1, 0.15) is 5.75 Å². The van der Waals surface area contributed by atoms with E-state index in [1.165, 1.54) is 0 Å². The first kappa shape index (κ1) is 18.6. The average molecular weight is 324 g/mol. The molecule has 0 amide bonds. The van der Waals surface area contributed by atoms with E-state index >= 15 is 0 Å². The minimum absolute atomic E-state index is 0.192. The molecule has 122 valence electrons. The first-order chi connectivity index (χ1) is 10.7. The van der Waals surface area contributed by atoms with E-state index < -0.39 is 0 Å². The Kier molecular flexibility index (Phi) is 8.67. The molecule has 0 aromatic heterocycles. The molecule has 22 heavy (non-hydrogen) atoms. The van der Waals surface area contributed by atoms with Crippen molar-refractivity contribution in [2.24, 2.45) is 0 Å². The van der Waals surface area contributed by atoms with Crippen molar-refractivity contribution in [2.45, 2.75) is 44.9 Å². The summed E-state index contributed by atoms with van der Waals surface area (Å²) in [4.78, 5) is 23.8. The molecule has 0 fully saturated rings. The summed E-state index contributed by atoms with van der Waals surface area (Å²) in [6.45, 7) is 6.67. The molecule has 0 unspecified atom stereocenters. The number of thioether (sulfide) groups is 1. The summed E-state index contributed by atoms with van der Waals surface area (Å²) in [6.07, 6.45) is 1.60. The molecule has 0 N–H and O–H groups in total. The number of rotatable bonds is 6. The van der Waals surface area contributed by atoms with Crippen LogP contribution in [0.5, 0.6) is 5.75 Å². The van der Waals surface area contributed by atoms with E-state index in [9.17, 15) is 9.59 Å². The van der Waals surface area contributed by atoms with Gasteiger partial charge in [-0.05, 0) is 31.5 Å². The van der Waals surface area contributed by atoms with E-state index in [-0.39, 0.29) is 11.8 Å². The number of Topliss-reactive ketones (excluding diaryl/α,β-unsaturated/α-hetero) is 1. The molecule has 1 aromatic rings. The zero-order valence-electron chi connectivity index (χ0n) is 13.5. The second kappa shape index (κ2) is 10.3. The van der Waals surface area contributed by atoms with Gasteiger partial charge in [0.15, 0.2) is 5.78 Å². The molecule has 1 aliphatic heterocycles. The molecule has 2 rings (SSSR count). The van der Waals surface area contributed by atoms with Crippen molar-refractivity contribution in [3.05, 3.63) is 23.8 Å². The Morgan fingerprint density at radius 3 is 2.82 bits per heavy atom. The summed E-state index contributed by atoms with van der Waals surface area (Å²) >= 11 is 1.68. The van der Waals surface area contributed by atoms with Crippen LogP contribution in [0.4, 0.5) is 0 Å². The lowest BCUT2D eigenvalue weighted by atomic mass is 10.1. The van der Waals surface area contributed by atoms with Crippen LogP contribution in [0.1, 0.15) is 50.4 Å². The van der Waals surface area contributed by atoms with Gasteiger partial charge in [0, 0.05) is 29.1 Å². The van der Waals surface area contributed by atoms with Crippen molar-refractivity contribution in [2.75, 3.05) is 19.0 Å². The summed E-state index contributed by atoms with van der Waals surface area (Å²) < 4.78 is 10.4. The van der Waals surface area contributed by atoms with Gasteiger partial charge in [-0.2, -0.15) is 0 Å². The number of esters is 1. The normalized spacial score (nSPS) is 12.8. The van der Waals surface area contributed by atoms with Gasteiger partial charge in [0.2, 0.25) is 0 Å². The van der Waals surface area contributed by atoms with Gasteiger partial charge in [0.25, 0.3) is 0 Å². The maximum atomic E-state index is 11.7. The Balaban J connectivity index is 0.00000116. The van der Waals surface area contributed by atoms with Gasteiger partial charge in [-0.1, -0.05) is 13.8 Å². The molecule has 0 aliphatic carbocycles. The highest BCUT2D eigenvalue weighted by atomic mass is 32.2. The Labute approximate surface area is 136 Å². The van der Waals surface area contributed by atoms with Crippen molar-refractivity contribution >= 4 is 23.5 Å². The maximum Gasteiger partial charge on any atom is 0.305 e. The van der Waals surface area contributed by atoms with Crippen LogP contribution >= 0.6 is 11.8 Å². The van der Waals surface area contributed by atoms with E-state index in [0.29, 0.717) is 32.5 Å². The third kappa shape index (κ3) is 5.72. The van der Waals surface area contributed by atoms with Gasteiger partial charge < -0.3 is 9.47 Å². The van der Waals surface area contributed by atoms with Crippen molar-refractivity contribution in [1.29, 1.82) is 0 Å². The van der Waals surface area contributed by atoms with Crippen LogP contribution in [0.15, 0.2) is 23.1 Å². The molecule has 0 atom stereocenters. The van der Waals surface area contributed by atoms with E-state index in [2.05, 4.69) is 0 Å². The minimum atomic E-state index is -0.192. The first-order valence-electron chi connectivity index (χ1n) is 7.79. The average Bonchev–Trinajstić information content (AvgIpc) is 2.54. The highest BCUT2D eigenvalue weighted by Gasteiger charge is 2.17. The highest BCUT2D eigenvalue weighted by molar-refractivity contribution is 7.99. The van der Waals surface area contributed by atoms with Crippen LogP contribution in [-0.4, -0.2) is 30.7 Å². The van der Waals surface area contributed by atoms with Gasteiger partial charge >= 0.3 is 5.97 Å². The van der Waals surface area contributed by atoms with E-state index in [1.807, 2.05) is 32.0 Å². The number of ketones is 1. The lowest BCUT2D eigenvalue weighted by molar-refractivity contribution is -0.143. The highest BCUT2D eigenvalue weighted by Crippen LogP contribution is 2.32. The van der Waals surface area contributed by atoms with Crippen molar-refractivity contribution < 1.29 is 19.1 Å². The second-order valence-electron chi connectivity index (χ2n) is 4.44. The summed E-state index contributed by atoms with van der Waals surface area (Å²) in [5.41, 5.74) is 0.792. The first-order valence-corrected chi connectivity index (χ1v) is 8.77. The summed E-state index contributed by atoms with van der Waals surface area (Å²) in [5.74, 6) is 1.59. The predicted molar refractivity (Wildman–Crippen MR) is 88.8 cm³/mol. The number of carbonyl (C=O) groups excluding carboxylic acids is 2. The number of ether oxygens (including phenoxy) is 2. The number of carbonyl (C=O) groups is 2. The predicted octanol–water partition coefficient (Wildman–Crippen LogP) is 4.11. The Bertz CT molecular complexity index is 499. The van der Waals surface area contributed by atoms with Gasteiger partial charge in [-0.25, -0.2) is 0 Å². The molecule has 1 aromatic carbocycles. The van der Waals surface area contributed by atoms with Gasteiger partial charge in [0.05, 0.1) is 13.2 Å². The van der Waals surface area contributed by atoms with Crippen LogP contribution in [-0.2, 0) is 9.53 Å². The van der Waals surface area contributed by atoms with Crippen LogP contribution in [0.25, 0.3) is 0 Å². The molecule has 0 saturated heterocycles. The fraction of sp³-hybridized carbons (Fsp3) is 0.529. The standard InChI is InChI=1S/C15H18O4S.C2H6/c1-2-18-15(17)4-3-8-19-11-5-6-12-13(16)7-9-20-14(12)10-11;1-2/h5-6,10H,2-4,7-9H2,1H3;1-2H3. The molecule has 1 heterocycles. The molecular formula is C17H24O4S. The quantitative estimate of drug-likeness (QED) is 0.582. The minimum Gasteiger partial charge on any atom is -0.494 e. The van der Waals surface area contributed by atoms with Gasteiger partial charge in [-0.15, -0.1) is 11.8 Å². The molecule has 1 aliphatic rings. The van der Waals surface area contributed by atoms with Crippen molar-refractivity contribution in [3.63, 3.8) is 0 Å². The Hall–Kier alpha value is -1.49. The third-order valence-corrected chi connectivity index (χ3v) is 4.00. The maximum absolute atomic E-state index is 11.7. The van der Waals surface area contributed by atoms with E-state index in [4.69, 9.17) is 9.47 Å². The zero-order valence-corrected chi connectivity index (χ0v) is 14.3. The molecule has 4 nitrogen and oxygen atoms in total. The monoisotopic (exact) mass is 324 g/mol. The lowest BCUT2D eigenvalue weighted by Gasteiger charge is -2.15. The Morgan fingerprint density at radius 1 is 1.32 bits per heavy atom. The van der Waals surface area contributed by atoms with Crippen LogP contribution in [0, 0.1) is 0 Å². The number of hydrogen-bond donors (Lipinski definition) is 0. The Morgan fingerprint density at radius 2 is 2.09 bits per heavy atom. The molecule has 0 radical (unpaired) electrons. The molecule has 5 heteroatoms. The van der Waals surface area contributed by atoms with Gasteiger partial charge in [-0.3, -0.25) is 9.59 Å². The topological polar surface area (TPSA) is 52.6 Å². The van der Waals surface area contributed by atoms with Crippen LogP contribution < -0.4 is 4.74 Å². The number of hydrogen-bond acceptors (Lipinski definition) is 5. The summed E-state index contributed by atoms with van der Waals surface area (Å²) in [7, 11) is 0. The second-order valence-corrected chi connectivity index (χ2v) is 5.57. The summed E-state index contributed by atoms with van der Waals surface area (Å²) in [6, 6.07) is 5.54. The van der Waals surface area contributed by atoms with Crippen molar-refractivity contribution in [3.8, 4) is 5.75 Å². The lowest BCUT2D eigenvalue weighted by Crippen LogP contribution is -2.09. The smallest absolute Gasteiger partial charge is 0.305 e. The fourth-order valence-electron chi connectivity index (χ4n) is 1.97. The van der Waals surface area contributed by atoms with Crippen LogP contribution in [0.2, 0.25) is 0 Å². The largest absolute Gasteiger partial charge is 0.494 e. The zero-order chi connectivity index (χ0) is 16.4. The third-order valence-electron chi connectivity index (χ3n) is 2.94. The van der Waals surface area contributed by atoms with E-state index in [0.717, 1.165) is 22.0 Å². The molecule has 0 saturated carbocycles. The SMILES string of the molecule is CC.CCOC(=O)CCCOc1ccc2c(c1)SCCC2=O. The molecular weight excluding hydrogens is 300 g/mol. The van der Waals surface area contributed by atoms with E-state index in [1.54, 1.807) is 18.7 Å². The molecule has 0 bridgehead atoms. The molecule has 0 spiro atoms. The number of benzene rings is 1. The number of fused-ring (bicyclic) bond motifs is 1. The summed E-state index contributed by atoms with van der Waals surface area (Å²) in [5, 5.41) is 0. The van der Waals surface area contributed by atoms with Crippen molar-refractivity contribution in [1.82, 2.24) is 0 Å².